The van der Waals surface area contributed by atoms with E-state index in [1.807, 2.05) is 39.6 Å². The van der Waals surface area contributed by atoms with Gasteiger partial charge in [0.2, 0.25) is 18.1 Å². The Morgan fingerprint density at radius 1 is 1.34 bits per heavy atom. The molecule has 2 amide bonds. The van der Waals surface area contributed by atoms with E-state index < -0.39 is 47.5 Å². The molecular formula is C21H18N8O7S2. The van der Waals surface area contributed by atoms with Crippen molar-refractivity contribution in [3.8, 4) is 0 Å². The number of oxime groups is 1. The molecule has 5 rings (SSSR count). The Bertz CT molecular complexity index is 1530. The van der Waals surface area contributed by atoms with Crippen LogP contribution in [-0.4, -0.2) is 77.0 Å². The number of nitrogens with zero attached hydrogens (tertiary/aromatic N) is 6. The molecule has 2 aliphatic heterocycles. The maximum absolute atomic E-state index is 13.0. The van der Waals surface area contributed by atoms with E-state index in [2.05, 4.69) is 24.7 Å². The van der Waals surface area contributed by atoms with Crippen molar-refractivity contribution < 1.29 is 38.8 Å². The number of fused-ring (bicyclic) bond motifs is 2. The van der Waals surface area contributed by atoms with Crippen molar-refractivity contribution in [2.24, 2.45) is 5.16 Å². The molecule has 1 fully saturated rings. The van der Waals surface area contributed by atoms with Crippen LogP contribution in [0.1, 0.15) is 5.82 Å². The molecule has 17 heteroatoms. The Kier molecular flexibility index (Phi) is 6.68. The number of carboxylic acids is 2. The van der Waals surface area contributed by atoms with Crippen LogP contribution < -0.4 is 20.7 Å². The van der Waals surface area contributed by atoms with Gasteiger partial charge >= 0.3 is 5.97 Å². The number of hydrogen-bond donors (Lipinski definition) is 3. The maximum Gasteiger partial charge on any atom is 0.344 e. The van der Waals surface area contributed by atoms with Crippen LogP contribution in [0.2, 0.25) is 0 Å². The lowest BCUT2D eigenvalue weighted by Crippen LogP contribution is -2.71. The monoisotopic (exact) mass is 558 g/mol. The first kappa shape index (κ1) is 25.2. The van der Waals surface area contributed by atoms with Gasteiger partial charge in [-0.3, -0.25) is 14.5 Å². The maximum atomic E-state index is 13.0. The second-order valence-electron chi connectivity index (χ2n) is 8.06. The van der Waals surface area contributed by atoms with Gasteiger partial charge in [-0.25, -0.2) is 13.8 Å². The average Bonchev–Trinajstić information content (AvgIpc) is 3.50. The number of carbonyl (C=O) groups excluding carboxylic acids is 3. The third kappa shape index (κ3) is 4.63. The molecule has 0 aliphatic carbocycles. The van der Waals surface area contributed by atoms with Gasteiger partial charge in [-0.05, 0) is 6.07 Å². The van der Waals surface area contributed by atoms with Gasteiger partial charge in [-0.2, -0.15) is 9.36 Å². The first-order chi connectivity index (χ1) is 18.2. The van der Waals surface area contributed by atoms with Gasteiger partial charge < -0.3 is 30.9 Å². The van der Waals surface area contributed by atoms with E-state index in [1.54, 1.807) is 6.20 Å². The van der Waals surface area contributed by atoms with Crippen molar-refractivity contribution in [1.29, 1.82) is 0 Å². The Labute approximate surface area is 221 Å². The van der Waals surface area contributed by atoms with Crippen molar-refractivity contribution in [1.82, 2.24) is 24.0 Å². The fourth-order valence-corrected chi connectivity index (χ4v) is 5.82. The number of carboxylic acid groups (broad SMARTS) is 2. The summed E-state index contributed by atoms with van der Waals surface area (Å²) >= 11 is 2.06. The van der Waals surface area contributed by atoms with Crippen molar-refractivity contribution in [2.45, 2.75) is 18.0 Å². The fraction of sp³-hybridized carbons (Fsp3) is 0.238. The van der Waals surface area contributed by atoms with E-state index in [4.69, 9.17) is 10.8 Å². The largest absolute Gasteiger partial charge is 0.543 e. The van der Waals surface area contributed by atoms with E-state index in [0.29, 0.717) is 5.57 Å². The fourth-order valence-electron chi connectivity index (χ4n) is 4.05. The standard InChI is InChI=1S/C21H18N8O7S2/c22-21-24-16(26-38-21)13(25-36-8-12(30)31)17(32)23-14-18(33)29-15(20(34)35)10(9-37-19(14)29)7-28-6-5-27-4-2-1-3-11(27)28/h1-6,14,19H,7-9H2,(H4-,22,23,24,26,30,31,32,34,35)/b25-13-/t14-,19+/m1/s1. The van der Waals surface area contributed by atoms with Crippen LogP contribution in [0.5, 0.6) is 0 Å². The minimum absolute atomic E-state index is 0.0256. The zero-order valence-electron chi connectivity index (χ0n) is 19.2. The molecule has 0 saturated carbocycles. The molecule has 3 aromatic rings. The average molecular weight is 559 g/mol. The summed E-state index contributed by atoms with van der Waals surface area (Å²) in [7, 11) is 0. The van der Waals surface area contributed by atoms with Gasteiger partial charge in [0, 0.05) is 28.9 Å². The zero-order chi connectivity index (χ0) is 27.0. The minimum Gasteiger partial charge on any atom is -0.543 e. The molecule has 0 radical (unpaired) electrons. The lowest BCUT2D eigenvalue weighted by atomic mass is 10.0. The molecule has 0 unspecified atom stereocenters. The quantitative estimate of drug-likeness (QED) is 0.109. The number of aliphatic carboxylic acids is 2. The SMILES string of the molecule is Nc1nc(/C(=N/OCC(=O)O)C(=O)N[C@@H]2C(=O)N3C(C(=O)[O-])=C(C[n+]4ccn5ccccc54)CS[C@@H]23)ns1. The topological polar surface area (TPSA) is 209 Å². The predicted molar refractivity (Wildman–Crippen MR) is 129 cm³/mol. The van der Waals surface area contributed by atoms with Crippen LogP contribution in [-0.2, 0) is 30.6 Å². The van der Waals surface area contributed by atoms with Crippen molar-refractivity contribution in [3.05, 3.63) is 53.9 Å². The number of β-lactam (4-membered cyclic amide) rings is 1. The highest BCUT2D eigenvalue weighted by molar-refractivity contribution is 8.00. The van der Waals surface area contributed by atoms with Crippen LogP contribution in [0, 0.1) is 0 Å². The highest BCUT2D eigenvalue weighted by Crippen LogP contribution is 2.40. The summed E-state index contributed by atoms with van der Waals surface area (Å²) in [5.41, 5.74) is 6.16. The number of nitrogens with one attached hydrogen (secondary N) is 1. The third-order valence-electron chi connectivity index (χ3n) is 5.67. The first-order valence-electron chi connectivity index (χ1n) is 10.9. The van der Waals surface area contributed by atoms with Gasteiger partial charge in [-0.15, -0.1) is 11.8 Å². The Balaban J connectivity index is 1.36. The van der Waals surface area contributed by atoms with Crippen LogP contribution in [0.15, 0.2) is 53.2 Å². The second-order valence-corrected chi connectivity index (χ2v) is 9.94. The molecule has 5 heterocycles. The first-order valence-corrected chi connectivity index (χ1v) is 12.7. The smallest absolute Gasteiger partial charge is 0.344 e. The molecule has 15 nitrogen and oxygen atoms in total. The molecule has 0 aromatic carbocycles. The Morgan fingerprint density at radius 2 is 2.16 bits per heavy atom. The van der Waals surface area contributed by atoms with Gasteiger partial charge in [0.05, 0.1) is 17.9 Å². The molecule has 2 aliphatic rings. The van der Waals surface area contributed by atoms with Gasteiger partial charge in [0.15, 0.2) is 5.13 Å². The van der Waals surface area contributed by atoms with Crippen molar-refractivity contribution in [2.75, 3.05) is 18.1 Å². The number of hydrogen-bond acceptors (Lipinski definition) is 12. The highest BCUT2D eigenvalue weighted by atomic mass is 32.2. The van der Waals surface area contributed by atoms with E-state index in [1.165, 1.54) is 11.8 Å². The molecule has 3 aromatic heterocycles. The number of carbonyl (C=O) groups is 4. The van der Waals surface area contributed by atoms with E-state index in [0.717, 1.165) is 22.1 Å². The molecule has 0 spiro atoms. The summed E-state index contributed by atoms with van der Waals surface area (Å²) in [5.74, 6) is -4.35. The summed E-state index contributed by atoms with van der Waals surface area (Å²) in [6.45, 7) is -0.609. The van der Waals surface area contributed by atoms with Crippen LogP contribution in [0.25, 0.3) is 5.65 Å². The molecule has 0 bridgehead atoms. The minimum atomic E-state index is -1.50. The lowest BCUT2D eigenvalue weighted by molar-refractivity contribution is -0.662. The zero-order valence-corrected chi connectivity index (χ0v) is 20.8. The number of imidazole rings is 1. The van der Waals surface area contributed by atoms with Gasteiger partial charge in [-0.1, -0.05) is 11.2 Å². The third-order valence-corrected chi connectivity index (χ3v) is 7.55. The molecule has 196 valence electrons. The summed E-state index contributed by atoms with van der Waals surface area (Å²) in [5, 5.41) is 26.2. The second kappa shape index (κ2) is 10.1. The molecule has 38 heavy (non-hydrogen) atoms. The van der Waals surface area contributed by atoms with Gasteiger partial charge in [0.25, 0.3) is 17.5 Å². The summed E-state index contributed by atoms with van der Waals surface area (Å²) < 4.78 is 7.61. The number of nitrogen functional groups attached to an aromatic ring is 1. The number of amides is 2. The van der Waals surface area contributed by atoms with Crippen molar-refractivity contribution in [3.63, 3.8) is 0 Å². The summed E-state index contributed by atoms with van der Waals surface area (Å²) in [4.78, 5) is 58.5. The Morgan fingerprint density at radius 3 is 2.87 bits per heavy atom. The van der Waals surface area contributed by atoms with Crippen LogP contribution in [0.4, 0.5) is 5.13 Å². The predicted octanol–water partition coefficient (Wildman–Crippen LogP) is -2.43. The number of aromatic nitrogens is 4. The number of nitrogens with two attached hydrogens (primary N) is 1. The van der Waals surface area contributed by atoms with E-state index in [-0.39, 0.29) is 29.0 Å². The van der Waals surface area contributed by atoms with E-state index >= 15 is 0 Å². The van der Waals surface area contributed by atoms with Crippen LogP contribution >= 0.6 is 23.3 Å². The number of anilines is 1. The normalized spacial score (nSPS) is 19.2. The molecular weight excluding hydrogens is 540 g/mol. The van der Waals surface area contributed by atoms with E-state index in [9.17, 15) is 24.3 Å². The molecule has 4 N–H and O–H groups in total. The lowest BCUT2D eigenvalue weighted by Gasteiger charge is -2.50. The summed E-state index contributed by atoms with van der Waals surface area (Å²) in [6.07, 6.45) is 5.49. The number of pyridine rings is 1. The van der Waals surface area contributed by atoms with Crippen LogP contribution in [0.3, 0.4) is 0 Å². The Hall–Kier alpha value is -4.51. The molecule has 2 atom stereocenters. The summed E-state index contributed by atoms with van der Waals surface area (Å²) in [6, 6.07) is 4.51. The highest BCUT2D eigenvalue weighted by Gasteiger charge is 2.53. The number of rotatable bonds is 9. The molecule has 1 saturated heterocycles. The number of thioether (sulfide) groups is 1. The van der Waals surface area contributed by atoms with Crippen molar-refractivity contribution >= 4 is 63.5 Å². The van der Waals surface area contributed by atoms with Gasteiger partial charge in [0.1, 0.15) is 30.4 Å².